The Hall–Kier alpha value is -3.54. The van der Waals surface area contributed by atoms with Crippen LogP contribution in [0.3, 0.4) is 0 Å². The van der Waals surface area contributed by atoms with Gasteiger partial charge in [0.1, 0.15) is 17.3 Å². The minimum absolute atomic E-state index is 0.244. The van der Waals surface area contributed by atoms with Gasteiger partial charge in [0.2, 0.25) is 0 Å². The Bertz CT molecular complexity index is 913. The van der Waals surface area contributed by atoms with Gasteiger partial charge in [-0.15, -0.1) is 0 Å². The van der Waals surface area contributed by atoms with Crippen LogP contribution in [0, 0.1) is 0 Å². The fraction of sp³-hybridized carbons (Fsp3) is 0.100. The molecule has 0 spiro atoms. The highest BCUT2D eigenvalue weighted by Gasteiger charge is 2.16. The molecule has 1 amide bonds. The van der Waals surface area contributed by atoms with Gasteiger partial charge in [0.15, 0.2) is 0 Å². The molecule has 26 heavy (non-hydrogen) atoms. The molecule has 6 heteroatoms. The van der Waals surface area contributed by atoms with Gasteiger partial charge in [-0.05, 0) is 30.3 Å². The number of carbonyl (C=O) groups is 1. The van der Waals surface area contributed by atoms with Crippen LogP contribution in [0.15, 0.2) is 66.7 Å². The second-order valence-corrected chi connectivity index (χ2v) is 5.69. The molecule has 6 nitrogen and oxygen atoms in total. The highest BCUT2D eigenvalue weighted by Crippen LogP contribution is 2.28. The Morgan fingerprint density at radius 2 is 1.77 bits per heavy atom. The fourth-order valence-electron chi connectivity index (χ4n) is 2.58. The van der Waals surface area contributed by atoms with Crippen molar-refractivity contribution in [3.63, 3.8) is 0 Å². The second-order valence-electron chi connectivity index (χ2n) is 5.69. The van der Waals surface area contributed by atoms with Crippen molar-refractivity contribution in [2.75, 3.05) is 30.1 Å². The molecule has 0 aliphatic heterocycles. The van der Waals surface area contributed by atoms with Gasteiger partial charge in [0.25, 0.3) is 5.91 Å². The van der Waals surface area contributed by atoms with E-state index in [1.54, 1.807) is 26.3 Å². The predicted octanol–water partition coefficient (Wildman–Crippen LogP) is 3.69. The van der Waals surface area contributed by atoms with E-state index in [0.717, 1.165) is 11.4 Å². The predicted molar refractivity (Wildman–Crippen MR) is 104 cm³/mol. The van der Waals surface area contributed by atoms with Crippen molar-refractivity contribution in [1.82, 2.24) is 4.98 Å². The highest BCUT2D eigenvalue weighted by atomic mass is 16.5. The van der Waals surface area contributed by atoms with E-state index in [0.29, 0.717) is 11.4 Å². The molecule has 0 aliphatic carbocycles. The summed E-state index contributed by atoms with van der Waals surface area (Å²) >= 11 is 0. The molecule has 0 radical (unpaired) electrons. The van der Waals surface area contributed by atoms with Gasteiger partial charge in [0, 0.05) is 24.5 Å². The number of ether oxygens (including phenoxy) is 1. The van der Waals surface area contributed by atoms with E-state index in [1.807, 2.05) is 54.6 Å². The minimum atomic E-state index is -0.244. The van der Waals surface area contributed by atoms with Crippen LogP contribution in [0.5, 0.6) is 5.75 Å². The lowest BCUT2D eigenvalue weighted by molar-refractivity contribution is 0.0988. The summed E-state index contributed by atoms with van der Waals surface area (Å²) < 4.78 is 5.34. The van der Waals surface area contributed by atoms with Crippen LogP contribution >= 0.6 is 0 Å². The molecule has 2 aromatic carbocycles. The van der Waals surface area contributed by atoms with Crippen molar-refractivity contribution in [2.24, 2.45) is 0 Å². The molecular weight excluding hydrogens is 328 g/mol. The van der Waals surface area contributed by atoms with Crippen LogP contribution in [0.2, 0.25) is 0 Å². The van der Waals surface area contributed by atoms with Gasteiger partial charge < -0.3 is 20.7 Å². The number of para-hydroxylation sites is 3. The fourth-order valence-corrected chi connectivity index (χ4v) is 2.58. The lowest BCUT2D eigenvalue weighted by Crippen LogP contribution is -2.27. The standard InChI is InChI=1S/C20H20N4O2/c1-24(15-8-4-3-5-9-15)20(25)17-12-14(13-19(21)23-17)22-16-10-6-7-11-18(16)26-2/h3-13H,1-2H3,(H3,21,22,23). The molecule has 0 saturated carbocycles. The van der Waals surface area contributed by atoms with Crippen LogP contribution in [0.25, 0.3) is 0 Å². The molecule has 3 N–H and O–H groups in total. The first-order valence-electron chi connectivity index (χ1n) is 8.09. The van der Waals surface area contributed by atoms with Crippen molar-refractivity contribution in [1.29, 1.82) is 0 Å². The second kappa shape index (κ2) is 7.57. The van der Waals surface area contributed by atoms with Gasteiger partial charge in [-0.2, -0.15) is 0 Å². The van der Waals surface area contributed by atoms with Gasteiger partial charge >= 0.3 is 0 Å². The molecule has 1 aromatic heterocycles. The number of methoxy groups -OCH3 is 1. The lowest BCUT2D eigenvalue weighted by atomic mass is 10.2. The van der Waals surface area contributed by atoms with Crippen LogP contribution < -0.4 is 20.7 Å². The largest absolute Gasteiger partial charge is 0.495 e. The summed E-state index contributed by atoms with van der Waals surface area (Å²) in [6.07, 6.45) is 0. The average molecular weight is 348 g/mol. The van der Waals surface area contributed by atoms with E-state index >= 15 is 0 Å². The van der Waals surface area contributed by atoms with Crippen LogP contribution in [-0.4, -0.2) is 25.0 Å². The van der Waals surface area contributed by atoms with E-state index in [9.17, 15) is 4.79 Å². The number of aromatic nitrogens is 1. The summed E-state index contributed by atoms with van der Waals surface area (Å²) in [6.45, 7) is 0. The average Bonchev–Trinajstić information content (AvgIpc) is 2.67. The van der Waals surface area contributed by atoms with E-state index in [2.05, 4.69) is 10.3 Å². The summed E-state index contributed by atoms with van der Waals surface area (Å²) in [5.41, 5.74) is 8.38. The molecule has 3 aromatic rings. The third-order valence-electron chi connectivity index (χ3n) is 3.90. The summed E-state index contributed by atoms with van der Waals surface area (Å²) in [6, 6.07) is 20.2. The van der Waals surface area contributed by atoms with E-state index < -0.39 is 0 Å². The number of nitrogen functional groups attached to an aromatic ring is 1. The first kappa shape index (κ1) is 17.3. The Kier molecular flexibility index (Phi) is 5.03. The Labute approximate surface area is 152 Å². The number of nitrogens with zero attached hydrogens (tertiary/aromatic N) is 2. The van der Waals surface area contributed by atoms with E-state index in [4.69, 9.17) is 10.5 Å². The third kappa shape index (κ3) is 3.75. The van der Waals surface area contributed by atoms with Crippen molar-refractivity contribution < 1.29 is 9.53 Å². The van der Waals surface area contributed by atoms with Crippen molar-refractivity contribution in [3.05, 3.63) is 72.4 Å². The molecule has 0 unspecified atom stereocenters. The molecule has 1 heterocycles. The van der Waals surface area contributed by atoms with Gasteiger partial charge in [0.05, 0.1) is 12.8 Å². The molecule has 0 saturated heterocycles. The summed E-state index contributed by atoms with van der Waals surface area (Å²) in [4.78, 5) is 18.5. The topological polar surface area (TPSA) is 80.5 Å². The number of hydrogen-bond acceptors (Lipinski definition) is 5. The SMILES string of the molecule is COc1ccccc1Nc1cc(N)nc(C(=O)N(C)c2ccccc2)c1. The summed E-state index contributed by atoms with van der Waals surface area (Å²) in [7, 11) is 3.31. The monoisotopic (exact) mass is 348 g/mol. The van der Waals surface area contributed by atoms with Crippen molar-refractivity contribution in [2.45, 2.75) is 0 Å². The minimum Gasteiger partial charge on any atom is -0.495 e. The molecule has 0 atom stereocenters. The summed E-state index contributed by atoms with van der Waals surface area (Å²) in [5.74, 6) is 0.707. The van der Waals surface area contributed by atoms with Crippen LogP contribution in [0.4, 0.5) is 22.9 Å². The van der Waals surface area contributed by atoms with Gasteiger partial charge in [-0.1, -0.05) is 30.3 Å². The Balaban J connectivity index is 1.89. The maximum absolute atomic E-state index is 12.8. The number of nitrogens with two attached hydrogens (primary N) is 1. The molecule has 132 valence electrons. The number of hydrogen-bond donors (Lipinski definition) is 2. The number of benzene rings is 2. The number of amides is 1. The number of anilines is 4. The van der Waals surface area contributed by atoms with E-state index in [1.165, 1.54) is 4.90 Å². The number of carbonyl (C=O) groups excluding carboxylic acids is 1. The molecule has 0 fully saturated rings. The normalized spacial score (nSPS) is 10.2. The zero-order valence-electron chi connectivity index (χ0n) is 14.6. The number of rotatable bonds is 5. The van der Waals surface area contributed by atoms with Crippen LogP contribution in [-0.2, 0) is 0 Å². The third-order valence-corrected chi connectivity index (χ3v) is 3.90. The number of nitrogens with one attached hydrogen (secondary N) is 1. The summed E-state index contributed by atoms with van der Waals surface area (Å²) in [5, 5.41) is 3.22. The maximum Gasteiger partial charge on any atom is 0.276 e. The smallest absolute Gasteiger partial charge is 0.276 e. The van der Waals surface area contributed by atoms with Crippen molar-refractivity contribution >= 4 is 28.8 Å². The van der Waals surface area contributed by atoms with Crippen molar-refractivity contribution in [3.8, 4) is 5.75 Å². The Morgan fingerprint density at radius 1 is 1.08 bits per heavy atom. The molecule has 0 bridgehead atoms. The van der Waals surface area contributed by atoms with E-state index in [-0.39, 0.29) is 17.4 Å². The van der Waals surface area contributed by atoms with Gasteiger partial charge in [-0.25, -0.2) is 4.98 Å². The first-order chi connectivity index (χ1) is 12.6. The molecule has 3 rings (SSSR count). The van der Waals surface area contributed by atoms with Crippen LogP contribution in [0.1, 0.15) is 10.5 Å². The highest BCUT2D eigenvalue weighted by molar-refractivity contribution is 6.05. The lowest BCUT2D eigenvalue weighted by Gasteiger charge is -2.18. The number of pyridine rings is 1. The quantitative estimate of drug-likeness (QED) is 0.735. The van der Waals surface area contributed by atoms with Gasteiger partial charge in [-0.3, -0.25) is 4.79 Å². The maximum atomic E-state index is 12.8. The Morgan fingerprint density at radius 3 is 2.50 bits per heavy atom. The molecular formula is C20H20N4O2. The first-order valence-corrected chi connectivity index (χ1v) is 8.09. The molecule has 0 aliphatic rings. The zero-order valence-corrected chi connectivity index (χ0v) is 14.6. The zero-order chi connectivity index (χ0) is 18.5.